The summed E-state index contributed by atoms with van der Waals surface area (Å²) in [5.41, 5.74) is 0.961. The van der Waals surface area contributed by atoms with Crippen LogP contribution in [0.4, 0.5) is 0 Å². The van der Waals surface area contributed by atoms with Crippen molar-refractivity contribution in [1.29, 1.82) is 0 Å². The van der Waals surface area contributed by atoms with E-state index in [9.17, 15) is 8.42 Å². The van der Waals surface area contributed by atoms with Crippen molar-refractivity contribution in [1.82, 2.24) is 0 Å². The summed E-state index contributed by atoms with van der Waals surface area (Å²) in [5.74, 6) is 0. The molecule has 0 aliphatic carbocycles. The van der Waals surface area contributed by atoms with Gasteiger partial charge in [0.2, 0.25) is 0 Å². The summed E-state index contributed by atoms with van der Waals surface area (Å²) in [5, 5.41) is -0.731. The fourth-order valence-corrected chi connectivity index (χ4v) is 3.24. The Balaban J connectivity index is 2.29. The van der Waals surface area contributed by atoms with E-state index >= 15 is 0 Å². The Kier molecular flexibility index (Phi) is 4.53. The van der Waals surface area contributed by atoms with Crippen LogP contribution in [0.15, 0.2) is 84.3 Å². The highest BCUT2D eigenvalue weighted by atomic mass is 32.2. The van der Waals surface area contributed by atoms with Crippen LogP contribution in [0.1, 0.15) is 5.56 Å². The summed E-state index contributed by atoms with van der Waals surface area (Å²) in [4.78, 5) is 0.308. The lowest BCUT2D eigenvalue weighted by Crippen LogP contribution is -2.16. The molecule has 0 radical (unpaired) electrons. The summed E-state index contributed by atoms with van der Waals surface area (Å²) in [7, 11) is -3.43. The van der Waals surface area contributed by atoms with E-state index in [0.717, 1.165) is 5.56 Å². The molecular weight excluding hydrogens is 268 g/mol. The first-order valence-electron chi connectivity index (χ1n) is 6.29. The third kappa shape index (κ3) is 3.25. The van der Waals surface area contributed by atoms with Crippen molar-refractivity contribution in [2.24, 2.45) is 0 Å². The van der Waals surface area contributed by atoms with Gasteiger partial charge in [-0.2, -0.15) is 0 Å². The fourth-order valence-electron chi connectivity index (χ4n) is 1.85. The molecule has 0 aliphatic heterocycles. The smallest absolute Gasteiger partial charge is 0.188 e. The molecule has 0 aliphatic rings. The van der Waals surface area contributed by atoms with E-state index in [0.29, 0.717) is 4.90 Å². The SMILES string of the molecule is C=CC(C=Cc1ccccc1)S(=O)(=O)c1ccccc1. The van der Waals surface area contributed by atoms with Crippen molar-refractivity contribution in [3.05, 3.63) is 85.0 Å². The fraction of sp³-hybridized carbons (Fsp3) is 0.0588. The summed E-state index contributed by atoms with van der Waals surface area (Å²) in [6, 6.07) is 18.0. The predicted molar refractivity (Wildman–Crippen MR) is 83.1 cm³/mol. The zero-order valence-electron chi connectivity index (χ0n) is 11.0. The van der Waals surface area contributed by atoms with Crippen LogP contribution in [-0.2, 0) is 9.84 Å². The first-order valence-corrected chi connectivity index (χ1v) is 7.84. The maximum Gasteiger partial charge on any atom is 0.188 e. The Morgan fingerprint density at radius 1 is 0.900 bits per heavy atom. The standard InChI is InChI=1S/C17H16O2S/c1-2-16(14-13-15-9-5-3-6-10-15)20(18,19)17-11-7-4-8-12-17/h2-14,16H,1H2. The average molecular weight is 284 g/mol. The lowest BCUT2D eigenvalue weighted by Gasteiger charge is -2.09. The van der Waals surface area contributed by atoms with Gasteiger partial charge in [0.15, 0.2) is 9.84 Å². The molecular formula is C17H16O2S. The van der Waals surface area contributed by atoms with Gasteiger partial charge in [0, 0.05) is 0 Å². The number of hydrogen-bond donors (Lipinski definition) is 0. The van der Waals surface area contributed by atoms with Crippen LogP contribution in [0.5, 0.6) is 0 Å². The molecule has 2 rings (SSSR count). The molecule has 20 heavy (non-hydrogen) atoms. The second-order valence-electron chi connectivity index (χ2n) is 4.33. The number of rotatable bonds is 5. The van der Waals surface area contributed by atoms with Gasteiger partial charge in [-0.05, 0) is 17.7 Å². The number of sulfone groups is 1. The van der Waals surface area contributed by atoms with Crippen LogP contribution in [0, 0.1) is 0 Å². The van der Waals surface area contributed by atoms with Gasteiger partial charge >= 0.3 is 0 Å². The lowest BCUT2D eigenvalue weighted by atomic mass is 10.2. The van der Waals surface area contributed by atoms with E-state index < -0.39 is 15.1 Å². The Morgan fingerprint density at radius 3 is 2.00 bits per heavy atom. The topological polar surface area (TPSA) is 34.1 Å². The van der Waals surface area contributed by atoms with Crippen molar-refractivity contribution in [3.8, 4) is 0 Å². The third-order valence-electron chi connectivity index (χ3n) is 2.94. The molecule has 2 aromatic carbocycles. The molecule has 0 heterocycles. The molecule has 1 unspecified atom stereocenters. The molecule has 2 nitrogen and oxygen atoms in total. The Labute approximate surface area is 120 Å². The van der Waals surface area contributed by atoms with Gasteiger partial charge in [-0.3, -0.25) is 0 Å². The Hall–Kier alpha value is -2.13. The molecule has 1 atom stereocenters. The molecule has 0 saturated heterocycles. The van der Waals surface area contributed by atoms with Gasteiger partial charge in [-0.25, -0.2) is 8.42 Å². The molecule has 0 amide bonds. The maximum atomic E-state index is 12.5. The van der Waals surface area contributed by atoms with E-state index in [1.807, 2.05) is 30.3 Å². The summed E-state index contributed by atoms with van der Waals surface area (Å²) < 4.78 is 24.9. The Bertz CT molecular complexity index is 686. The summed E-state index contributed by atoms with van der Waals surface area (Å²) >= 11 is 0. The van der Waals surface area contributed by atoms with E-state index in [1.54, 1.807) is 42.5 Å². The van der Waals surface area contributed by atoms with Gasteiger partial charge in [-0.15, -0.1) is 6.58 Å². The van der Waals surface area contributed by atoms with Gasteiger partial charge < -0.3 is 0 Å². The van der Waals surface area contributed by atoms with Crippen LogP contribution < -0.4 is 0 Å². The van der Waals surface area contributed by atoms with Crippen LogP contribution >= 0.6 is 0 Å². The van der Waals surface area contributed by atoms with Gasteiger partial charge in [0.1, 0.15) is 5.25 Å². The third-order valence-corrected chi connectivity index (χ3v) is 4.94. The number of hydrogen-bond acceptors (Lipinski definition) is 2. The van der Waals surface area contributed by atoms with Crippen molar-refractivity contribution < 1.29 is 8.42 Å². The van der Waals surface area contributed by atoms with Crippen molar-refractivity contribution >= 4 is 15.9 Å². The van der Waals surface area contributed by atoms with Crippen LogP contribution in [0.2, 0.25) is 0 Å². The first kappa shape index (κ1) is 14.3. The molecule has 2 aromatic rings. The van der Waals surface area contributed by atoms with Crippen LogP contribution in [0.25, 0.3) is 6.08 Å². The van der Waals surface area contributed by atoms with E-state index in [1.165, 1.54) is 6.08 Å². The molecule has 3 heteroatoms. The second-order valence-corrected chi connectivity index (χ2v) is 6.43. The van der Waals surface area contributed by atoms with Crippen molar-refractivity contribution in [2.75, 3.05) is 0 Å². The highest BCUT2D eigenvalue weighted by molar-refractivity contribution is 7.92. The normalized spacial score (nSPS) is 13.2. The largest absolute Gasteiger partial charge is 0.223 e. The molecule has 0 bridgehead atoms. The predicted octanol–water partition coefficient (Wildman–Crippen LogP) is 3.73. The lowest BCUT2D eigenvalue weighted by molar-refractivity contribution is 0.594. The maximum absolute atomic E-state index is 12.5. The van der Waals surface area contributed by atoms with Crippen molar-refractivity contribution in [2.45, 2.75) is 10.1 Å². The minimum atomic E-state index is -3.43. The van der Waals surface area contributed by atoms with Gasteiger partial charge in [-0.1, -0.05) is 66.8 Å². The van der Waals surface area contributed by atoms with Crippen LogP contribution in [-0.4, -0.2) is 13.7 Å². The van der Waals surface area contributed by atoms with Gasteiger partial charge in [0.25, 0.3) is 0 Å². The molecule has 0 N–H and O–H groups in total. The molecule has 0 fully saturated rings. The van der Waals surface area contributed by atoms with E-state index in [4.69, 9.17) is 0 Å². The minimum Gasteiger partial charge on any atom is -0.223 e. The van der Waals surface area contributed by atoms with E-state index in [2.05, 4.69) is 6.58 Å². The monoisotopic (exact) mass is 284 g/mol. The van der Waals surface area contributed by atoms with Crippen LogP contribution in [0.3, 0.4) is 0 Å². The number of benzene rings is 2. The highest BCUT2D eigenvalue weighted by Crippen LogP contribution is 2.18. The Morgan fingerprint density at radius 2 is 1.45 bits per heavy atom. The van der Waals surface area contributed by atoms with E-state index in [-0.39, 0.29) is 0 Å². The second kappa shape index (κ2) is 6.35. The first-order chi connectivity index (χ1) is 9.64. The zero-order chi connectivity index (χ0) is 14.4. The summed E-state index contributed by atoms with van der Waals surface area (Å²) in [6.45, 7) is 3.63. The molecule has 0 aromatic heterocycles. The summed E-state index contributed by atoms with van der Waals surface area (Å²) in [6.07, 6.45) is 4.90. The zero-order valence-corrected chi connectivity index (χ0v) is 11.8. The molecule has 0 spiro atoms. The van der Waals surface area contributed by atoms with Crippen molar-refractivity contribution in [3.63, 3.8) is 0 Å². The van der Waals surface area contributed by atoms with Gasteiger partial charge in [0.05, 0.1) is 4.90 Å². The minimum absolute atomic E-state index is 0.308. The highest BCUT2D eigenvalue weighted by Gasteiger charge is 2.21. The quantitative estimate of drug-likeness (QED) is 0.784. The molecule has 0 saturated carbocycles. The molecule has 102 valence electrons. The average Bonchev–Trinajstić information content (AvgIpc) is 2.49.